The van der Waals surface area contributed by atoms with Crippen LogP contribution in [0.4, 0.5) is 5.69 Å². The first kappa shape index (κ1) is 9.56. The van der Waals surface area contributed by atoms with Crippen molar-refractivity contribution in [3.63, 3.8) is 0 Å². The maximum atomic E-state index is 8.62. The zero-order valence-corrected chi connectivity index (χ0v) is 7.58. The monoisotopic (exact) mass is 176 g/mol. The Balaban J connectivity index is 2.52. The molecule has 0 spiro atoms. The third-order valence-electron chi connectivity index (χ3n) is 1.49. The summed E-state index contributed by atoms with van der Waals surface area (Å²) in [5, 5.41) is 8.62. The molecule has 0 amide bonds. The lowest BCUT2D eigenvalue weighted by atomic mass is 10.2. The van der Waals surface area contributed by atoms with Crippen LogP contribution in [0.25, 0.3) is 0 Å². The Bertz CT molecular complexity index is 304. The molecule has 0 aliphatic heterocycles. The van der Waals surface area contributed by atoms with E-state index in [9.17, 15) is 0 Å². The Morgan fingerprint density at radius 1 is 1.54 bits per heavy atom. The van der Waals surface area contributed by atoms with E-state index in [-0.39, 0.29) is 0 Å². The highest BCUT2D eigenvalue weighted by atomic mass is 16.6. The third-order valence-corrected chi connectivity index (χ3v) is 1.49. The highest BCUT2D eigenvalue weighted by Gasteiger charge is 1.93. The van der Waals surface area contributed by atoms with Gasteiger partial charge in [-0.15, -0.1) is 0 Å². The molecule has 1 aromatic rings. The number of hydrogen-bond donors (Lipinski definition) is 1. The number of anilines is 1. The van der Waals surface area contributed by atoms with Gasteiger partial charge < -0.3 is 0 Å². The van der Waals surface area contributed by atoms with E-state index in [0.29, 0.717) is 12.2 Å². The van der Waals surface area contributed by atoms with Crippen molar-refractivity contribution < 1.29 is 4.84 Å². The quantitative estimate of drug-likeness (QED) is 0.565. The third kappa shape index (κ3) is 3.14. The molecule has 3 heteroatoms. The van der Waals surface area contributed by atoms with Crippen LogP contribution in [-0.4, -0.2) is 6.61 Å². The Hall–Kier alpha value is -1.53. The molecular weight excluding hydrogens is 164 g/mol. The fourth-order valence-corrected chi connectivity index (χ4v) is 0.889. The molecule has 68 valence electrons. The van der Waals surface area contributed by atoms with Crippen LogP contribution in [-0.2, 0) is 4.84 Å². The van der Waals surface area contributed by atoms with Gasteiger partial charge >= 0.3 is 0 Å². The fraction of sp³-hybridized carbons (Fsp3) is 0.300. The second-order valence-corrected chi connectivity index (χ2v) is 2.64. The SMILES string of the molecule is CCCONc1cccc(C#N)c1. The standard InChI is InChI=1S/C10H12N2O/c1-2-6-13-12-10-5-3-4-9(7-10)8-11/h3-5,7,12H,2,6H2,1H3. The van der Waals surface area contributed by atoms with Crippen molar-refractivity contribution in [1.82, 2.24) is 0 Å². The molecular formula is C10H12N2O. The molecule has 0 unspecified atom stereocenters. The molecule has 0 saturated heterocycles. The van der Waals surface area contributed by atoms with E-state index in [1.165, 1.54) is 0 Å². The first-order valence-electron chi connectivity index (χ1n) is 4.24. The van der Waals surface area contributed by atoms with E-state index in [4.69, 9.17) is 10.1 Å². The molecule has 1 N–H and O–H groups in total. The van der Waals surface area contributed by atoms with Crippen molar-refractivity contribution in [2.75, 3.05) is 12.1 Å². The fourth-order valence-electron chi connectivity index (χ4n) is 0.889. The maximum absolute atomic E-state index is 8.62. The van der Waals surface area contributed by atoms with Crippen molar-refractivity contribution in [1.29, 1.82) is 5.26 Å². The van der Waals surface area contributed by atoms with Gasteiger partial charge in [-0.05, 0) is 24.6 Å². The minimum Gasteiger partial charge on any atom is -0.276 e. The summed E-state index contributed by atoms with van der Waals surface area (Å²) in [4.78, 5) is 5.11. The topological polar surface area (TPSA) is 45.0 Å². The average molecular weight is 176 g/mol. The Labute approximate surface area is 77.9 Å². The smallest absolute Gasteiger partial charge is 0.0992 e. The molecule has 0 aliphatic rings. The summed E-state index contributed by atoms with van der Waals surface area (Å²) in [5.41, 5.74) is 4.21. The first-order chi connectivity index (χ1) is 6.36. The van der Waals surface area contributed by atoms with Crippen molar-refractivity contribution in [2.24, 2.45) is 0 Å². The minimum absolute atomic E-state index is 0.630. The van der Waals surface area contributed by atoms with Crippen LogP contribution in [0.2, 0.25) is 0 Å². The highest BCUT2D eigenvalue weighted by Crippen LogP contribution is 2.09. The maximum Gasteiger partial charge on any atom is 0.0992 e. The summed E-state index contributed by atoms with van der Waals surface area (Å²) in [6, 6.07) is 9.24. The van der Waals surface area contributed by atoms with Crippen LogP contribution >= 0.6 is 0 Å². The largest absolute Gasteiger partial charge is 0.276 e. The van der Waals surface area contributed by atoms with Crippen molar-refractivity contribution in [3.8, 4) is 6.07 Å². The zero-order chi connectivity index (χ0) is 9.52. The number of nitrogens with one attached hydrogen (secondary N) is 1. The lowest BCUT2D eigenvalue weighted by Crippen LogP contribution is -2.01. The summed E-state index contributed by atoms with van der Waals surface area (Å²) in [5.74, 6) is 0. The number of hydrogen-bond acceptors (Lipinski definition) is 3. The van der Waals surface area contributed by atoms with E-state index in [1.54, 1.807) is 12.1 Å². The molecule has 3 nitrogen and oxygen atoms in total. The van der Waals surface area contributed by atoms with Gasteiger partial charge in [0.1, 0.15) is 0 Å². The predicted octanol–water partition coefficient (Wildman–Crippen LogP) is 2.31. The van der Waals surface area contributed by atoms with Gasteiger partial charge in [-0.1, -0.05) is 13.0 Å². The van der Waals surface area contributed by atoms with Crippen molar-refractivity contribution in [3.05, 3.63) is 29.8 Å². The molecule has 1 rings (SSSR count). The van der Waals surface area contributed by atoms with Gasteiger partial charge in [-0.2, -0.15) is 5.26 Å². The van der Waals surface area contributed by atoms with Gasteiger partial charge in [-0.25, -0.2) is 0 Å². The van der Waals surface area contributed by atoms with Gasteiger partial charge in [0.25, 0.3) is 0 Å². The van der Waals surface area contributed by atoms with Crippen molar-refractivity contribution >= 4 is 5.69 Å². The molecule has 0 saturated carbocycles. The van der Waals surface area contributed by atoms with Crippen LogP contribution in [0.5, 0.6) is 0 Å². The zero-order valence-electron chi connectivity index (χ0n) is 7.58. The van der Waals surface area contributed by atoms with E-state index in [0.717, 1.165) is 12.1 Å². The van der Waals surface area contributed by atoms with E-state index >= 15 is 0 Å². The first-order valence-corrected chi connectivity index (χ1v) is 4.24. The second-order valence-electron chi connectivity index (χ2n) is 2.64. The minimum atomic E-state index is 0.630. The molecule has 0 radical (unpaired) electrons. The van der Waals surface area contributed by atoms with Crippen LogP contribution < -0.4 is 5.48 Å². The second kappa shape index (κ2) is 5.18. The predicted molar refractivity (Wildman–Crippen MR) is 51.0 cm³/mol. The van der Waals surface area contributed by atoms with E-state index in [1.807, 2.05) is 19.1 Å². The number of rotatable bonds is 4. The van der Waals surface area contributed by atoms with Gasteiger partial charge in [0.2, 0.25) is 0 Å². The molecule has 1 aromatic carbocycles. The summed E-state index contributed by atoms with van der Waals surface area (Å²) in [6.07, 6.45) is 0.963. The van der Waals surface area contributed by atoms with Gasteiger partial charge in [0, 0.05) is 0 Å². The van der Waals surface area contributed by atoms with Crippen molar-refractivity contribution in [2.45, 2.75) is 13.3 Å². The Morgan fingerprint density at radius 2 is 2.38 bits per heavy atom. The molecule has 0 fully saturated rings. The van der Waals surface area contributed by atoms with Crippen LogP contribution in [0, 0.1) is 11.3 Å². The highest BCUT2D eigenvalue weighted by molar-refractivity contribution is 5.47. The van der Waals surface area contributed by atoms with E-state index in [2.05, 4.69) is 11.5 Å². The van der Waals surface area contributed by atoms with Gasteiger partial charge in [0.05, 0.1) is 23.9 Å². The lowest BCUT2D eigenvalue weighted by Gasteiger charge is -2.05. The van der Waals surface area contributed by atoms with E-state index < -0.39 is 0 Å². The summed E-state index contributed by atoms with van der Waals surface area (Å²) in [6.45, 7) is 2.70. The molecule has 0 aliphatic carbocycles. The van der Waals surface area contributed by atoms with Crippen LogP contribution in [0.1, 0.15) is 18.9 Å². The van der Waals surface area contributed by atoms with Crippen LogP contribution in [0.15, 0.2) is 24.3 Å². The van der Waals surface area contributed by atoms with Gasteiger partial charge in [-0.3, -0.25) is 10.3 Å². The Morgan fingerprint density at radius 3 is 3.08 bits per heavy atom. The number of nitrogens with zero attached hydrogens (tertiary/aromatic N) is 1. The van der Waals surface area contributed by atoms with Gasteiger partial charge in [0.15, 0.2) is 0 Å². The molecule has 0 heterocycles. The molecule has 0 atom stereocenters. The number of benzene rings is 1. The Kier molecular flexibility index (Phi) is 3.80. The summed E-state index contributed by atoms with van der Waals surface area (Å²) >= 11 is 0. The number of nitriles is 1. The van der Waals surface area contributed by atoms with Crippen LogP contribution in [0.3, 0.4) is 0 Å². The summed E-state index contributed by atoms with van der Waals surface area (Å²) in [7, 11) is 0. The summed E-state index contributed by atoms with van der Waals surface area (Å²) < 4.78 is 0. The lowest BCUT2D eigenvalue weighted by molar-refractivity contribution is 0.194. The molecule has 13 heavy (non-hydrogen) atoms. The normalized spacial score (nSPS) is 9.23. The average Bonchev–Trinajstić information content (AvgIpc) is 2.19. The molecule has 0 aromatic heterocycles. The molecule has 0 bridgehead atoms.